The molecule has 8 nitrogen and oxygen atoms in total. The highest BCUT2D eigenvalue weighted by atomic mass is 16.7. The topological polar surface area (TPSA) is 103 Å². The number of carbonyl (C=O) groups excluding carboxylic acids is 2. The summed E-state index contributed by atoms with van der Waals surface area (Å²) in [5.74, 6) is 0.769. The molecule has 8 heteroatoms. The summed E-state index contributed by atoms with van der Waals surface area (Å²) in [6.07, 6.45) is 0.119. The zero-order valence-corrected chi connectivity index (χ0v) is 14.7. The van der Waals surface area contributed by atoms with Crippen LogP contribution in [0, 0.1) is 5.92 Å². The fourth-order valence-corrected chi connectivity index (χ4v) is 3.27. The molecule has 2 aromatic rings. The molecule has 0 spiro atoms. The van der Waals surface area contributed by atoms with E-state index in [0.717, 1.165) is 0 Å². The van der Waals surface area contributed by atoms with Crippen LogP contribution < -0.4 is 30.2 Å². The Balaban J connectivity index is 1.50. The average Bonchev–Trinajstić information content (AvgIpc) is 3.28. The van der Waals surface area contributed by atoms with E-state index in [4.69, 9.17) is 19.9 Å². The lowest BCUT2D eigenvalue weighted by atomic mass is 10.1. The van der Waals surface area contributed by atoms with Crippen LogP contribution in [0.5, 0.6) is 17.2 Å². The van der Waals surface area contributed by atoms with Crippen molar-refractivity contribution in [3.63, 3.8) is 0 Å². The van der Waals surface area contributed by atoms with Crippen LogP contribution in [0.2, 0.25) is 0 Å². The van der Waals surface area contributed by atoms with Gasteiger partial charge in [-0.05, 0) is 12.1 Å². The number of hydrogen-bond donors (Lipinski definition) is 2. The quantitative estimate of drug-likeness (QED) is 0.799. The van der Waals surface area contributed by atoms with Crippen molar-refractivity contribution < 1.29 is 23.8 Å². The van der Waals surface area contributed by atoms with Crippen LogP contribution in [-0.4, -0.2) is 32.3 Å². The largest absolute Gasteiger partial charge is 0.495 e. The highest BCUT2D eigenvalue weighted by molar-refractivity contribution is 6.05. The van der Waals surface area contributed by atoms with Crippen LogP contribution in [0.4, 0.5) is 17.1 Å². The van der Waals surface area contributed by atoms with Crippen LogP contribution in [0.1, 0.15) is 6.42 Å². The molecule has 2 amide bonds. The zero-order valence-electron chi connectivity index (χ0n) is 14.7. The van der Waals surface area contributed by atoms with Gasteiger partial charge in [-0.3, -0.25) is 9.59 Å². The van der Waals surface area contributed by atoms with Crippen molar-refractivity contribution in [3.8, 4) is 17.2 Å². The Kier molecular flexibility index (Phi) is 4.23. The minimum atomic E-state index is -0.493. The van der Waals surface area contributed by atoms with Crippen molar-refractivity contribution in [3.05, 3.63) is 36.4 Å². The van der Waals surface area contributed by atoms with E-state index < -0.39 is 5.92 Å². The number of hydrogen-bond acceptors (Lipinski definition) is 6. The molecule has 27 heavy (non-hydrogen) atoms. The second kappa shape index (κ2) is 6.71. The van der Waals surface area contributed by atoms with Crippen molar-refractivity contribution in [2.75, 3.05) is 36.4 Å². The third-order valence-corrected chi connectivity index (χ3v) is 4.67. The number of amides is 2. The molecule has 0 saturated carbocycles. The molecular weight excluding hydrogens is 350 g/mol. The molecule has 0 aliphatic carbocycles. The van der Waals surface area contributed by atoms with Crippen LogP contribution in [0.25, 0.3) is 0 Å². The minimum absolute atomic E-state index is 0.119. The second-order valence-electron chi connectivity index (χ2n) is 6.36. The van der Waals surface area contributed by atoms with Gasteiger partial charge in [-0.25, -0.2) is 0 Å². The Morgan fingerprint density at radius 1 is 1.26 bits per heavy atom. The number of fused-ring (bicyclic) bond motifs is 1. The summed E-state index contributed by atoms with van der Waals surface area (Å²) in [5.41, 5.74) is 7.45. The number of para-hydroxylation sites is 2. The number of ether oxygens (including phenoxy) is 3. The summed E-state index contributed by atoms with van der Waals surface area (Å²) < 4.78 is 15.9. The Bertz CT molecular complexity index is 914. The van der Waals surface area contributed by atoms with Gasteiger partial charge in [-0.15, -0.1) is 0 Å². The SMILES string of the molecule is COc1ccccc1N1CC(C(=O)Nc2cc3c(cc2N)OCO3)CC1=O. The number of benzene rings is 2. The van der Waals surface area contributed by atoms with Crippen LogP contribution in [0.15, 0.2) is 36.4 Å². The lowest BCUT2D eigenvalue weighted by Gasteiger charge is -2.19. The third kappa shape index (κ3) is 3.10. The van der Waals surface area contributed by atoms with E-state index in [1.165, 1.54) is 0 Å². The van der Waals surface area contributed by atoms with Crippen LogP contribution in [0.3, 0.4) is 0 Å². The number of nitrogens with one attached hydrogen (secondary N) is 1. The Morgan fingerprint density at radius 3 is 2.78 bits per heavy atom. The number of nitrogens with two attached hydrogens (primary N) is 1. The molecule has 1 unspecified atom stereocenters. The molecule has 0 aromatic heterocycles. The number of nitrogens with zero attached hydrogens (tertiary/aromatic N) is 1. The molecule has 0 radical (unpaired) electrons. The first-order valence-corrected chi connectivity index (χ1v) is 8.50. The van der Waals surface area contributed by atoms with Crippen molar-refractivity contribution in [1.29, 1.82) is 0 Å². The van der Waals surface area contributed by atoms with E-state index in [1.807, 2.05) is 12.1 Å². The summed E-state index contributed by atoms with van der Waals surface area (Å²) in [7, 11) is 1.55. The van der Waals surface area contributed by atoms with Crippen molar-refractivity contribution in [2.45, 2.75) is 6.42 Å². The van der Waals surface area contributed by atoms with Crippen molar-refractivity contribution >= 4 is 28.9 Å². The standard InChI is InChI=1S/C19H19N3O5/c1-25-15-5-3-2-4-14(15)22-9-11(6-18(22)23)19(24)21-13-8-17-16(7-12(13)20)26-10-27-17/h2-5,7-8,11H,6,9-10,20H2,1H3,(H,21,24). The van der Waals surface area contributed by atoms with E-state index in [9.17, 15) is 9.59 Å². The van der Waals surface area contributed by atoms with E-state index in [-0.39, 0.29) is 31.6 Å². The highest BCUT2D eigenvalue weighted by Crippen LogP contribution is 2.39. The number of methoxy groups -OCH3 is 1. The molecule has 3 N–H and O–H groups in total. The lowest BCUT2D eigenvalue weighted by molar-refractivity contribution is -0.122. The molecule has 140 valence electrons. The van der Waals surface area contributed by atoms with Gasteiger partial charge in [0.05, 0.1) is 30.1 Å². The molecule has 4 rings (SSSR count). The molecule has 2 heterocycles. The summed E-state index contributed by atoms with van der Waals surface area (Å²) >= 11 is 0. The van der Waals surface area contributed by atoms with Gasteiger partial charge in [0.15, 0.2) is 11.5 Å². The normalized spacial score (nSPS) is 17.9. The molecule has 2 aromatic carbocycles. The number of nitrogen functional groups attached to an aromatic ring is 1. The smallest absolute Gasteiger partial charge is 0.231 e. The van der Waals surface area contributed by atoms with Crippen LogP contribution >= 0.6 is 0 Å². The summed E-state index contributed by atoms with van der Waals surface area (Å²) in [6.45, 7) is 0.396. The molecule has 2 aliphatic rings. The number of anilines is 3. The predicted octanol–water partition coefficient (Wildman–Crippen LogP) is 2.00. The van der Waals surface area contributed by atoms with E-state index in [2.05, 4.69) is 5.32 Å². The van der Waals surface area contributed by atoms with Gasteiger partial charge in [0.2, 0.25) is 18.6 Å². The van der Waals surface area contributed by atoms with E-state index in [0.29, 0.717) is 34.3 Å². The first kappa shape index (κ1) is 17.0. The van der Waals surface area contributed by atoms with Gasteiger partial charge in [0.1, 0.15) is 5.75 Å². The molecule has 1 saturated heterocycles. The lowest BCUT2D eigenvalue weighted by Crippen LogP contribution is -2.28. The second-order valence-corrected chi connectivity index (χ2v) is 6.36. The van der Waals surface area contributed by atoms with E-state index in [1.54, 1.807) is 36.3 Å². The fourth-order valence-electron chi connectivity index (χ4n) is 3.27. The fraction of sp³-hybridized carbons (Fsp3) is 0.263. The molecular formula is C19H19N3O5. The predicted molar refractivity (Wildman–Crippen MR) is 99.1 cm³/mol. The molecule has 0 bridgehead atoms. The van der Waals surface area contributed by atoms with Crippen molar-refractivity contribution in [2.24, 2.45) is 5.92 Å². The molecule has 1 atom stereocenters. The first-order chi connectivity index (χ1) is 13.1. The third-order valence-electron chi connectivity index (χ3n) is 4.67. The van der Waals surface area contributed by atoms with Gasteiger partial charge in [0, 0.05) is 25.1 Å². The summed E-state index contributed by atoms with van der Waals surface area (Å²) in [6, 6.07) is 10.5. The zero-order chi connectivity index (χ0) is 19.0. The van der Waals surface area contributed by atoms with Gasteiger partial charge in [-0.2, -0.15) is 0 Å². The maximum Gasteiger partial charge on any atom is 0.231 e. The summed E-state index contributed by atoms with van der Waals surface area (Å²) in [4.78, 5) is 26.7. The molecule has 2 aliphatic heterocycles. The Labute approximate surface area is 155 Å². The maximum atomic E-state index is 12.7. The Hall–Kier alpha value is -3.42. The highest BCUT2D eigenvalue weighted by Gasteiger charge is 2.36. The number of rotatable bonds is 4. The van der Waals surface area contributed by atoms with Gasteiger partial charge < -0.3 is 30.2 Å². The van der Waals surface area contributed by atoms with Gasteiger partial charge in [-0.1, -0.05) is 12.1 Å². The van der Waals surface area contributed by atoms with Gasteiger partial charge in [0.25, 0.3) is 0 Å². The monoisotopic (exact) mass is 369 g/mol. The first-order valence-electron chi connectivity index (χ1n) is 8.50. The maximum absolute atomic E-state index is 12.7. The number of carbonyl (C=O) groups is 2. The molecule has 1 fully saturated rings. The average molecular weight is 369 g/mol. The van der Waals surface area contributed by atoms with Crippen molar-refractivity contribution in [1.82, 2.24) is 0 Å². The summed E-state index contributed by atoms with van der Waals surface area (Å²) in [5, 5.41) is 2.79. The van der Waals surface area contributed by atoms with Gasteiger partial charge >= 0.3 is 0 Å². The minimum Gasteiger partial charge on any atom is -0.495 e. The van der Waals surface area contributed by atoms with Crippen LogP contribution in [-0.2, 0) is 9.59 Å². The Morgan fingerprint density at radius 2 is 2.00 bits per heavy atom. The van der Waals surface area contributed by atoms with E-state index >= 15 is 0 Å².